The van der Waals surface area contributed by atoms with E-state index < -0.39 is 5.54 Å². The first-order chi connectivity index (χ1) is 8.14. The third-order valence-corrected chi connectivity index (χ3v) is 3.22. The summed E-state index contributed by atoms with van der Waals surface area (Å²) >= 11 is 0. The fourth-order valence-electron chi connectivity index (χ4n) is 2.15. The van der Waals surface area contributed by atoms with Crippen molar-refractivity contribution in [2.75, 3.05) is 12.4 Å². The summed E-state index contributed by atoms with van der Waals surface area (Å²) in [4.78, 5) is 11.9. The Morgan fingerprint density at radius 1 is 1.41 bits per heavy atom. The second kappa shape index (κ2) is 4.78. The third-order valence-electron chi connectivity index (χ3n) is 3.22. The van der Waals surface area contributed by atoms with Crippen LogP contribution >= 0.6 is 0 Å². The minimum Gasteiger partial charge on any atom is -0.467 e. The Kier molecular flexibility index (Phi) is 3.36. The van der Waals surface area contributed by atoms with Gasteiger partial charge in [0.2, 0.25) is 0 Å². The number of rotatable bonds is 5. The Morgan fingerprint density at radius 3 is 2.59 bits per heavy atom. The van der Waals surface area contributed by atoms with Gasteiger partial charge >= 0.3 is 5.97 Å². The monoisotopic (exact) mass is 233 g/mol. The molecule has 3 heteroatoms. The van der Waals surface area contributed by atoms with E-state index in [1.54, 1.807) is 0 Å². The summed E-state index contributed by atoms with van der Waals surface area (Å²) in [6.45, 7) is 1.92. The standard InChI is InChI=1S/C14H19NO2/c1-14(13(16)17-2,10-11-8-9-11)15-12-6-4-3-5-7-12/h3-7,11,15H,8-10H2,1-2H3. The van der Waals surface area contributed by atoms with Crippen molar-refractivity contribution in [3.63, 3.8) is 0 Å². The van der Waals surface area contributed by atoms with Crippen LogP contribution in [0.5, 0.6) is 0 Å². The van der Waals surface area contributed by atoms with Gasteiger partial charge in [-0.15, -0.1) is 0 Å². The molecular formula is C14H19NO2. The van der Waals surface area contributed by atoms with Gasteiger partial charge < -0.3 is 10.1 Å². The number of hydrogen-bond donors (Lipinski definition) is 1. The molecule has 0 aromatic heterocycles. The van der Waals surface area contributed by atoms with Crippen LogP contribution in [0, 0.1) is 5.92 Å². The van der Waals surface area contributed by atoms with Crippen LogP contribution in [-0.2, 0) is 9.53 Å². The van der Waals surface area contributed by atoms with Crippen LogP contribution < -0.4 is 5.32 Å². The van der Waals surface area contributed by atoms with E-state index in [1.807, 2.05) is 37.3 Å². The van der Waals surface area contributed by atoms with E-state index in [-0.39, 0.29) is 5.97 Å². The summed E-state index contributed by atoms with van der Waals surface area (Å²) in [7, 11) is 1.44. The van der Waals surface area contributed by atoms with Gasteiger partial charge in [0.1, 0.15) is 5.54 Å². The molecule has 1 saturated carbocycles. The maximum atomic E-state index is 11.9. The molecule has 0 saturated heterocycles. The summed E-state index contributed by atoms with van der Waals surface area (Å²) < 4.78 is 4.91. The highest BCUT2D eigenvalue weighted by atomic mass is 16.5. The Bertz CT molecular complexity index is 386. The molecule has 1 aromatic rings. The number of benzene rings is 1. The van der Waals surface area contributed by atoms with E-state index in [1.165, 1.54) is 20.0 Å². The lowest BCUT2D eigenvalue weighted by molar-refractivity contribution is -0.145. The van der Waals surface area contributed by atoms with Gasteiger partial charge in [0.15, 0.2) is 0 Å². The second-order valence-corrected chi connectivity index (χ2v) is 4.96. The molecule has 1 aliphatic carbocycles. The predicted molar refractivity (Wildman–Crippen MR) is 67.8 cm³/mol. The summed E-state index contributed by atoms with van der Waals surface area (Å²) in [5, 5.41) is 3.30. The first-order valence-electron chi connectivity index (χ1n) is 6.06. The molecule has 0 bridgehead atoms. The number of carbonyl (C=O) groups is 1. The summed E-state index contributed by atoms with van der Waals surface area (Å²) in [5.74, 6) is 0.476. The van der Waals surface area contributed by atoms with Gasteiger partial charge in [0.25, 0.3) is 0 Å². The molecule has 1 atom stereocenters. The summed E-state index contributed by atoms with van der Waals surface area (Å²) in [6, 6.07) is 9.80. The van der Waals surface area contributed by atoms with Crippen molar-refractivity contribution in [3.8, 4) is 0 Å². The highest BCUT2D eigenvalue weighted by Crippen LogP contribution is 2.38. The summed E-state index contributed by atoms with van der Waals surface area (Å²) in [6.07, 6.45) is 3.29. The van der Waals surface area contributed by atoms with Gasteiger partial charge in [0, 0.05) is 5.69 Å². The number of anilines is 1. The van der Waals surface area contributed by atoms with E-state index in [0.717, 1.165) is 12.1 Å². The highest BCUT2D eigenvalue weighted by Gasteiger charge is 2.40. The van der Waals surface area contributed by atoms with Crippen molar-refractivity contribution < 1.29 is 9.53 Å². The topological polar surface area (TPSA) is 38.3 Å². The van der Waals surface area contributed by atoms with E-state index in [2.05, 4.69) is 5.32 Å². The van der Waals surface area contributed by atoms with Crippen molar-refractivity contribution in [2.45, 2.75) is 31.7 Å². The zero-order valence-electron chi connectivity index (χ0n) is 10.4. The number of carbonyl (C=O) groups excluding carboxylic acids is 1. The van der Waals surface area contributed by atoms with Crippen LogP contribution in [0.15, 0.2) is 30.3 Å². The maximum Gasteiger partial charge on any atom is 0.331 e. The van der Waals surface area contributed by atoms with Crippen molar-refractivity contribution in [2.24, 2.45) is 5.92 Å². The van der Waals surface area contributed by atoms with E-state index >= 15 is 0 Å². The fraction of sp³-hybridized carbons (Fsp3) is 0.500. The van der Waals surface area contributed by atoms with Crippen LogP contribution in [0.3, 0.4) is 0 Å². The lowest BCUT2D eigenvalue weighted by atomic mass is 9.94. The van der Waals surface area contributed by atoms with E-state index in [0.29, 0.717) is 5.92 Å². The van der Waals surface area contributed by atoms with Crippen LogP contribution in [-0.4, -0.2) is 18.6 Å². The Hall–Kier alpha value is -1.51. The van der Waals surface area contributed by atoms with Crippen molar-refractivity contribution in [1.29, 1.82) is 0 Å². The number of ether oxygens (including phenoxy) is 1. The first-order valence-corrected chi connectivity index (χ1v) is 6.06. The molecule has 3 nitrogen and oxygen atoms in total. The van der Waals surface area contributed by atoms with Gasteiger partial charge in [-0.3, -0.25) is 0 Å². The largest absolute Gasteiger partial charge is 0.467 e. The molecule has 1 fully saturated rings. The van der Waals surface area contributed by atoms with Gasteiger partial charge in [-0.25, -0.2) is 4.79 Å². The predicted octanol–water partition coefficient (Wildman–Crippen LogP) is 2.83. The molecule has 0 radical (unpaired) electrons. The molecule has 0 spiro atoms. The van der Waals surface area contributed by atoms with Crippen LogP contribution in [0.25, 0.3) is 0 Å². The van der Waals surface area contributed by atoms with Crippen LogP contribution in [0.1, 0.15) is 26.2 Å². The number of esters is 1. The second-order valence-electron chi connectivity index (χ2n) is 4.96. The molecule has 1 aromatic carbocycles. The lowest BCUT2D eigenvalue weighted by Crippen LogP contribution is -2.44. The van der Waals surface area contributed by atoms with Crippen molar-refractivity contribution >= 4 is 11.7 Å². The van der Waals surface area contributed by atoms with Crippen LogP contribution in [0.4, 0.5) is 5.69 Å². The molecule has 1 N–H and O–H groups in total. The van der Waals surface area contributed by atoms with E-state index in [9.17, 15) is 4.79 Å². The van der Waals surface area contributed by atoms with Crippen LogP contribution in [0.2, 0.25) is 0 Å². The zero-order chi connectivity index (χ0) is 12.3. The van der Waals surface area contributed by atoms with Gasteiger partial charge in [-0.05, 0) is 31.4 Å². The number of para-hydroxylation sites is 1. The SMILES string of the molecule is COC(=O)C(C)(CC1CC1)Nc1ccccc1. The Morgan fingerprint density at radius 2 is 2.06 bits per heavy atom. The average molecular weight is 233 g/mol. The average Bonchev–Trinajstić information content (AvgIpc) is 3.13. The minimum atomic E-state index is -0.614. The molecule has 0 heterocycles. The Labute approximate surface area is 102 Å². The number of methoxy groups -OCH3 is 1. The lowest BCUT2D eigenvalue weighted by Gasteiger charge is -2.29. The molecule has 1 aliphatic rings. The van der Waals surface area contributed by atoms with Gasteiger partial charge in [-0.1, -0.05) is 31.0 Å². The normalized spacial score (nSPS) is 18.2. The number of nitrogens with one attached hydrogen (secondary N) is 1. The fourth-order valence-corrected chi connectivity index (χ4v) is 2.15. The highest BCUT2D eigenvalue weighted by molar-refractivity contribution is 5.84. The quantitative estimate of drug-likeness (QED) is 0.795. The van der Waals surface area contributed by atoms with E-state index in [4.69, 9.17) is 4.74 Å². The van der Waals surface area contributed by atoms with Crippen molar-refractivity contribution in [3.05, 3.63) is 30.3 Å². The first kappa shape index (κ1) is 12.0. The third kappa shape index (κ3) is 2.99. The minimum absolute atomic E-state index is 0.187. The Balaban J connectivity index is 2.12. The molecule has 0 aliphatic heterocycles. The molecule has 2 rings (SSSR count). The molecule has 1 unspecified atom stereocenters. The summed E-state index contributed by atoms with van der Waals surface area (Å²) in [5.41, 5.74) is 0.345. The molecule has 0 amide bonds. The smallest absolute Gasteiger partial charge is 0.331 e. The zero-order valence-corrected chi connectivity index (χ0v) is 10.4. The number of hydrogen-bond acceptors (Lipinski definition) is 3. The van der Waals surface area contributed by atoms with Gasteiger partial charge in [0.05, 0.1) is 7.11 Å². The van der Waals surface area contributed by atoms with Crippen molar-refractivity contribution in [1.82, 2.24) is 0 Å². The molecular weight excluding hydrogens is 214 g/mol. The molecule has 92 valence electrons. The molecule has 17 heavy (non-hydrogen) atoms. The van der Waals surface area contributed by atoms with Gasteiger partial charge in [-0.2, -0.15) is 0 Å². The maximum absolute atomic E-state index is 11.9.